The maximum absolute atomic E-state index is 13.6. The molecule has 3 aromatic carbocycles. The molecule has 3 rings (SSSR count). The van der Waals surface area contributed by atoms with E-state index in [2.05, 4.69) is 15.9 Å². The van der Waals surface area contributed by atoms with Gasteiger partial charge in [0.2, 0.25) is 0 Å². The molecule has 0 aliphatic rings. The summed E-state index contributed by atoms with van der Waals surface area (Å²) in [6.45, 7) is 4.05. The number of methoxy groups -OCH3 is 1. The third-order valence-corrected chi connectivity index (χ3v) is 5.57. The molecule has 0 atom stereocenters. The number of rotatable bonds is 8. The molecule has 0 unspecified atom stereocenters. The van der Waals surface area contributed by atoms with E-state index >= 15 is 0 Å². The van der Waals surface area contributed by atoms with Crippen LogP contribution in [0, 0.1) is 0 Å². The minimum atomic E-state index is -1.20. The fourth-order valence-electron chi connectivity index (χ4n) is 3.43. The van der Waals surface area contributed by atoms with Crippen LogP contribution in [0.15, 0.2) is 65.1 Å². The van der Waals surface area contributed by atoms with Crippen LogP contribution in [-0.4, -0.2) is 24.0 Å². The molecular formula is C25H23BrO5. The molecular weight excluding hydrogens is 460 g/mol. The third-order valence-electron chi connectivity index (χ3n) is 4.88. The summed E-state index contributed by atoms with van der Waals surface area (Å²) in [7, 11) is 1.45. The van der Waals surface area contributed by atoms with Gasteiger partial charge in [-0.1, -0.05) is 72.2 Å². The third kappa shape index (κ3) is 4.80. The van der Waals surface area contributed by atoms with Crippen LogP contribution in [0.1, 0.15) is 57.2 Å². The molecule has 5 nitrogen and oxygen atoms in total. The molecule has 0 saturated carbocycles. The van der Waals surface area contributed by atoms with Gasteiger partial charge in [-0.2, -0.15) is 0 Å². The number of benzene rings is 3. The Labute approximate surface area is 189 Å². The normalized spacial score (nSPS) is 10.7. The molecule has 0 spiro atoms. The second-order valence-electron chi connectivity index (χ2n) is 7.29. The van der Waals surface area contributed by atoms with Gasteiger partial charge in [0.15, 0.2) is 17.3 Å². The first-order valence-corrected chi connectivity index (χ1v) is 10.6. The lowest BCUT2D eigenvalue weighted by Crippen LogP contribution is -2.17. The molecule has 0 heterocycles. The Hall–Kier alpha value is -3.12. The SMILES string of the molecule is COc1cc(C(=O)O)c(C(=O)c2ccccc2Br)c(C(C)C)c1OCc1ccccc1. The number of ether oxygens (including phenoxy) is 2. The number of ketones is 1. The molecule has 0 aliphatic carbocycles. The largest absolute Gasteiger partial charge is 0.493 e. The Morgan fingerprint density at radius 2 is 1.65 bits per heavy atom. The van der Waals surface area contributed by atoms with Crippen molar-refractivity contribution in [3.63, 3.8) is 0 Å². The van der Waals surface area contributed by atoms with Gasteiger partial charge in [-0.3, -0.25) is 4.79 Å². The number of hydrogen-bond acceptors (Lipinski definition) is 4. The molecule has 0 aliphatic heterocycles. The lowest BCUT2D eigenvalue weighted by Gasteiger charge is -2.22. The highest BCUT2D eigenvalue weighted by Crippen LogP contribution is 2.42. The Balaban J connectivity index is 2.23. The zero-order chi connectivity index (χ0) is 22.5. The first-order valence-electron chi connectivity index (χ1n) is 9.79. The van der Waals surface area contributed by atoms with Crippen LogP contribution in [0.2, 0.25) is 0 Å². The van der Waals surface area contributed by atoms with Crippen molar-refractivity contribution in [2.45, 2.75) is 26.4 Å². The van der Waals surface area contributed by atoms with Gasteiger partial charge in [-0.25, -0.2) is 4.79 Å². The Morgan fingerprint density at radius 3 is 2.23 bits per heavy atom. The van der Waals surface area contributed by atoms with E-state index in [1.165, 1.54) is 13.2 Å². The van der Waals surface area contributed by atoms with Crippen LogP contribution in [0.25, 0.3) is 0 Å². The minimum Gasteiger partial charge on any atom is -0.493 e. The Morgan fingerprint density at radius 1 is 1.00 bits per heavy atom. The van der Waals surface area contributed by atoms with Gasteiger partial charge in [0, 0.05) is 21.2 Å². The predicted octanol–water partition coefficient (Wildman–Crippen LogP) is 6.09. The van der Waals surface area contributed by atoms with E-state index in [1.807, 2.05) is 44.2 Å². The standard InChI is InChI=1S/C25H23BrO5/c1-15(2)21-22(23(27)17-11-7-8-12-19(17)26)18(25(28)29)13-20(30-3)24(21)31-14-16-9-5-4-6-10-16/h4-13,15H,14H2,1-3H3,(H,28,29). The molecule has 31 heavy (non-hydrogen) atoms. The summed E-state index contributed by atoms with van der Waals surface area (Å²) in [6.07, 6.45) is 0. The summed E-state index contributed by atoms with van der Waals surface area (Å²) in [6, 6.07) is 17.9. The van der Waals surface area contributed by atoms with Crippen molar-refractivity contribution in [1.82, 2.24) is 0 Å². The van der Waals surface area contributed by atoms with E-state index in [-0.39, 0.29) is 35.2 Å². The molecule has 0 aromatic heterocycles. The van der Waals surface area contributed by atoms with E-state index < -0.39 is 5.97 Å². The monoisotopic (exact) mass is 482 g/mol. The highest BCUT2D eigenvalue weighted by Gasteiger charge is 2.30. The van der Waals surface area contributed by atoms with Crippen molar-refractivity contribution in [1.29, 1.82) is 0 Å². The van der Waals surface area contributed by atoms with Crippen molar-refractivity contribution in [2.24, 2.45) is 0 Å². The van der Waals surface area contributed by atoms with Crippen LogP contribution in [0.5, 0.6) is 11.5 Å². The average Bonchev–Trinajstić information content (AvgIpc) is 2.76. The minimum absolute atomic E-state index is 0.110. The molecule has 0 radical (unpaired) electrons. The van der Waals surface area contributed by atoms with Crippen molar-refractivity contribution in [2.75, 3.05) is 7.11 Å². The molecule has 0 fully saturated rings. The molecule has 0 amide bonds. The van der Waals surface area contributed by atoms with Gasteiger partial charge in [0.1, 0.15) is 6.61 Å². The Bertz CT molecular complexity index is 1110. The number of carbonyl (C=O) groups excluding carboxylic acids is 1. The maximum atomic E-state index is 13.6. The summed E-state index contributed by atoms with van der Waals surface area (Å²) in [4.78, 5) is 25.7. The topological polar surface area (TPSA) is 72.8 Å². The summed E-state index contributed by atoms with van der Waals surface area (Å²) in [5, 5.41) is 9.90. The smallest absolute Gasteiger partial charge is 0.336 e. The molecule has 160 valence electrons. The van der Waals surface area contributed by atoms with Crippen LogP contribution in [0.4, 0.5) is 0 Å². The van der Waals surface area contributed by atoms with E-state index in [4.69, 9.17) is 9.47 Å². The molecule has 1 N–H and O–H groups in total. The second-order valence-corrected chi connectivity index (χ2v) is 8.14. The number of carboxylic acids is 1. The van der Waals surface area contributed by atoms with Crippen molar-refractivity contribution in [3.8, 4) is 11.5 Å². The number of hydrogen-bond donors (Lipinski definition) is 1. The van der Waals surface area contributed by atoms with Crippen molar-refractivity contribution >= 4 is 27.7 Å². The summed E-state index contributed by atoms with van der Waals surface area (Å²) < 4.78 is 12.2. The van der Waals surface area contributed by atoms with Crippen LogP contribution in [-0.2, 0) is 6.61 Å². The summed E-state index contributed by atoms with van der Waals surface area (Å²) >= 11 is 3.40. The number of aromatic carboxylic acids is 1. The average molecular weight is 483 g/mol. The van der Waals surface area contributed by atoms with Gasteiger partial charge in [0.05, 0.1) is 12.7 Å². The molecule has 6 heteroatoms. The first-order chi connectivity index (χ1) is 14.8. The van der Waals surface area contributed by atoms with E-state index in [9.17, 15) is 14.7 Å². The predicted molar refractivity (Wildman–Crippen MR) is 122 cm³/mol. The summed E-state index contributed by atoms with van der Waals surface area (Å²) in [5.41, 5.74) is 1.83. The summed E-state index contributed by atoms with van der Waals surface area (Å²) in [5.74, 6) is -1.13. The van der Waals surface area contributed by atoms with Crippen LogP contribution < -0.4 is 9.47 Å². The second kappa shape index (κ2) is 9.79. The maximum Gasteiger partial charge on any atom is 0.336 e. The van der Waals surface area contributed by atoms with Gasteiger partial charge in [0.25, 0.3) is 0 Å². The van der Waals surface area contributed by atoms with E-state index in [0.717, 1.165) is 5.56 Å². The number of carboxylic acid groups (broad SMARTS) is 1. The zero-order valence-electron chi connectivity index (χ0n) is 17.5. The zero-order valence-corrected chi connectivity index (χ0v) is 19.1. The van der Waals surface area contributed by atoms with E-state index in [0.29, 0.717) is 21.3 Å². The quantitative estimate of drug-likeness (QED) is 0.393. The van der Waals surface area contributed by atoms with Gasteiger partial charge in [-0.15, -0.1) is 0 Å². The Kier molecular flexibility index (Phi) is 7.13. The van der Waals surface area contributed by atoms with Gasteiger partial charge in [-0.05, 0) is 29.7 Å². The molecule has 0 bridgehead atoms. The fraction of sp³-hybridized carbons (Fsp3) is 0.200. The molecule has 0 saturated heterocycles. The van der Waals surface area contributed by atoms with Crippen LogP contribution >= 0.6 is 15.9 Å². The van der Waals surface area contributed by atoms with Gasteiger partial charge < -0.3 is 14.6 Å². The molecule has 3 aromatic rings. The lowest BCUT2D eigenvalue weighted by molar-refractivity contribution is 0.0692. The van der Waals surface area contributed by atoms with Crippen molar-refractivity contribution < 1.29 is 24.2 Å². The van der Waals surface area contributed by atoms with Crippen molar-refractivity contribution in [3.05, 3.63) is 93.0 Å². The highest BCUT2D eigenvalue weighted by atomic mass is 79.9. The fourth-order valence-corrected chi connectivity index (χ4v) is 3.90. The number of halogens is 1. The van der Waals surface area contributed by atoms with Gasteiger partial charge >= 0.3 is 5.97 Å². The van der Waals surface area contributed by atoms with E-state index in [1.54, 1.807) is 24.3 Å². The highest BCUT2D eigenvalue weighted by molar-refractivity contribution is 9.10. The van der Waals surface area contributed by atoms with Crippen LogP contribution in [0.3, 0.4) is 0 Å². The first kappa shape index (κ1) is 22.6. The lowest BCUT2D eigenvalue weighted by atomic mass is 9.87. The number of carbonyl (C=O) groups is 2.